The zero-order valence-electron chi connectivity index (χ0n) is 15.5. The molecule has 1 saturated carbocycles. The molecule has 0 bridgehead atoms. The van der Waals surface area contributed by atoms with Gasteiger partial charge in [0, 0.05) is 6.04 Å². The van der Waals surface area contributed by atoms with E-state index in [4.69, 9.17) is 16.3 Å². The summed E-state index contributed by atoms with van der Waals surface area (Å²) in [5.74, 6) is 0.561. The summed E-state index contributed by atoms with van der Waals surface area (Å²) >= 11 is 6.16. The predicted octanol–water partition coefficient (Wildman–Crippen LogP) is 1.62. The number of hydrogen-bond acceptors (Lipinski definition) is 8. The van der Waals surface area contributed by atoms with Gasteiger partial charge < -0.3 is 25.4 Å². The Morgan fingerprint density at radius 1 is 1.11 bits per heavy atom. The molecule has 0 radical (unpaired) electrons. The van der Waals surface area contributed by atoms with Crippen LogP contribution in [0.15, 0.2) is 6.33 Å². The van der Waals surface area contributed by atoms with Gasteiger partial charge in [0.25, 0.3) is 0 Å². The van der Waals surface area contributed by atoms with Gasteiger partial charge in [-0.3, -0.25) is 4.57 Å². The fraction of sp³-hybridized carbons (Fsp3) is 0.722. The number of rotatable bonds is 4. The minimum absolute atomic E-state index is 0.0642. The van der Waals surface area contributed by atoms with E-state index in [0.29, 0.717) is 23.0 Å². The summed E-state index contributed by atoms with van der Waals surface area (Å²) in [4.78, 5) is 13.0. The molecular weight excluding hydrogens is 386 g/mol. The topological polar surface area (TPSA) is 126 Å². The molecule has 3 heterocycles. The molecule has 28 heavy (non-hydrogen) atoms. The Kier molecular flexibility index (Phi) is 5.98. The van der Waals surface area contributed by atoms with Crippen LogP contribution in [0.3, 0.4) is 0 Å². The number of ether oxygens (including phenoxy) is 1. The first-order chi connectivity index (χ1) is 13.6. The van der Waals surface area contributed by atoms with Crippen LogP contribution in [0.25, 0.3) is 11.2 Å². The average molecular weight is 412 g/mol. The number of nitrogens with zero attached hydrogens (tertiary/aromatic N) is 4. The van der Waals surface area contributed by atoms with Crippen LogP contribution in [0.4, 0.5) is 5.82 Å². The summed E-state index contributed by atoms with van der Waals surface area (Å²) in [7, 11) is 0. The first-order valence-electron chi connectivity index (χ1n) is 9.87. The Hall–Kier alpha value is -1.52. The number of aliphatic hydroxyl groups is 3. The van der Waals surface area contributed by atoms with Gasteiger partial charge >= 0.3 is 0 Å². The van der Waals surface area contributed by atoms with Crippen molar-refractivity contribution in [3.63, 3.8) is 0 Å². The fourth-order valence-electron chi connectivity index (χ4n) is 4.08. The quantitative estimate of drug-likeness (QED) is 0.559. The molecule has 0 unspecified atom stereocenters. The number of aromatic nitrogens is 4. The maximum Gasteiger partial charge on any atom is 0.226 e. The molecule has 1 saturated heterocycles. The second-order valence-electron chi connectivity index (χ2n) is 7.58. The second-order valence-corrected chi connectivity index (χ2v) is 7.92. The van der Waals surface area contributed by atoms with Gasteiger partial charge in [0.1, 0.15) is 18.3 Å². The van der Waals surface area contributed by atoms with Crippen LogP contribution in [0.2, 0.25) is 5.28 Å². The second kappa shape index (κ2) is 8.46. The third-order valence-electron chi connectivity index (χ3n) is 5.63. The molecule has 0 aromatic carbocycles. The number of imidazole rings is 1. The first-order valence-corrected chi connectivity index (χ1v) is 10.3. The molecule has 9 nitrogen and oxygen atoms in total. The molecule has 4 atom stereocenters. The maximum atomic E-state index is 10.3. The molecule has 2 aliphatic rings. The van der Waals surface area contributed by atoms with Gasteiger partial charge in [-0.25, -0.2) is 4.98 Å². The van der Waals surface area contributed by atoms with Gasteiger partial charge in [0.15, 0.2) is 23.2 Å². The molecule has 0 amide bonds. The van der Waals surface area contributed by atoms with Crippen LogP contribution in [-0.4, -0.2) is 65.8 Å². The van der Waals surface area contributed by atoms with E-state index in [1.165, 1.54) is 43.0 Å². The Morgan fingerprint density at radius 3 is 2.50 bits per heavy atom. The molecule has 2 fully saturated rings. The van der Waals surface area contributed by atoms with E-state index in [1.54, 1.807) is 0 Å². The molecule has 154 valence electrons. The largest absolute Gasteiger partial charge is 0.394 e. The predicted molar refractivity (Wildman–Crippen MR) is 103 cm³/mol. The Morgan fingerprint density at radius 2 is 1.82 bits per heavy atom. The molecule has 2 aromatic heterocycles. The van der Waals surface area contributed by atoms with Gasteiger partial charge in [-0.15, -0.1) is 0 Å². The molecule has 2 aromatic rings. The van der Waals surface area contributed by atoms with Crippen LogP contribution in [0.1, 0.15) is 51.2 Å². The van der Waals surface area contributed by atoms with Gasteiger partial charge in [0.2, 0.25) is 5.28 Å². The van der Waals surface area contributed by atoms with Crippen molar-refractivity contribution in [2.75, 3.05) is 11.9 Å². The Labute approximate surface area is 167 Å². The molecule has 1 aliphatic heterocycles. The summed E-state index contributed by atoms with van der Waals surface area (Å²) in [5.41, 5.74) is 0.937. The minimum atomic E-state index is -1.22. The van der Waals surface area contributed by atoms with Gasteiger partial charge in [-0.2, -0.15) is 9.97 Å². The fourth-order valence-corrected chi connectivity index (χ4v) is 4.25. The van der Waals surface area contributed by atoms with E-state index in [1.807, 2.05) is 0 Å². The normalized spacial score (nSPS) is 29.7. The highest BCUT2D eigenvalue weighted by atomic mass is 35.5. The van der Waals surface area contributed by atoms with Crippen molar-refractivity contribution >= 4 is 28.6 Å². The lowest BCUT2D eigenvalue weighted by atomic mass is 9.97. The molecule has 1 aliphatic carbocycles. The van der Waals surface area contributed by atoms with E-state index in [-0.39, 0.29) is 5.28 Å². The zero-order chi connectivity index (χ0) is 19.7. The third-order valence-corrected chi connectivity index (χ3v) is 5.80. The number of hydrogen-bond donors (Lipinski definition) is 4. The molecular formula is C18H26ClN5O4. The average Bonchev–Trinajstić information content (AvgIpc) is 3.19. The monoisotopic (exact) mass is 411 g/mol. The number of anilines is 1. The van der Waals surface area contributed by atoms with Crippen LogP contribution in [-0.2, 0) is 4.74 Å². The van der Waals surface area contributed by atoms with Crippen molar-refractivity contribution in [2.45, 2.75) is 75.5 Å². The maximum absolute atomic E-state index is 10.3. The van der Waals surface area contributed by atoms with E-state index in [2.05, 4.69) is 20.3 Å². The molecule has 4 N–H and O–H groups in total. The lowest BCUT2D eigenvalue weighted by molar-refractivity contribution is -0.0511. The van der Waals surface area contributed by atoms with Gasteiger partial charge in [-0.1, -0.05) is 32.1 Å². The molecule has 10 heteroatoms. The zero-order valence-corrected chi connectivity index (χ0v) is 16.3. The van der Waals surface area contributed by atoms with Crippen LogP contribution in [0, 0.1) is 0 Å². The summed E-state index contributed by atoms with van der Waals surface area (Å²) in [6.07, 6.45) is 5.56. The lowest BCUT2D eigenvalue weighted by Crippen LogP contribution is -2.33. The summed E-state index contributed by atoms with van der Waals surface area (Å²) in [6.45, 7) is -0.397. The summed E-state index contributed by atoms with van der Waals surface area (Å²) in [5, 5.41) is 33.2. The molecule has 0 spiro atoms. The number of aliphatic hydroxyl groups excluding tert-OH is 3. The van der Waals surface area contributed by atoms with Crippen molar-refractivity contribution < 1.29 is 20.1 Å². The van der Waals surface area contributed by atoms with E-state index < -0.39 is 31.1 Å². The van der Waals surface area contributed by atoms with Crippen molar-refractivity contribution in [1.82, 2.24) is 19.5 Å². The highest BCUT2D eigenvalue weighted by molar-refractivity contribution is 6.28. The van der Waals surface area contributed by atoms with E-state index in [9.17, 15) is 15.3 Å². The SMILES string of the molecule is OC[C@H]1O[C@@H](n2cnc3c(NC4CCCCCCC4)nc(Cl)nc32)[C@H](O)[C@@H]1O. The molecule has 4 rings (SSSR count). The van der Waals surface area contributed by atoms with Crippen LogP contribution in [0.5, 0.6) is 0 Å². The smallest absolute Gasteiger partial charge is 0.226 e. The van der Waals surface area contributed by atoms with Crippen LogP contribution >= 0.6 is 11.6 Å². The lowest BCUT2D eigenvalue weighted by Gasteiger charge is -2.22. The highest BCUT2D eigenvalue weighted by Gasteiger charge is 2.44. The van der Waals surface area contributed by atoms with Crippen molar-refractivity contribution in [3.8, 4) is 0 Å². The van der Waals surface area contributed by atoms with Crippen molar-refractivity contribution in [3.05, 3.63) is 11.6 Å². The summed E-state index contributed by atoms with van der Waals surface area (Å²) in [6, 6.07) is 0.300. The van der Waals surface area contributed by atoms with Crippen molar-refractivity contribution in [1.29, 1.82) is 0 Å². The standard InChI is InChI=1S/C18H26ClN5O4/c19-18-22-15(21-10-6-4-2-1-3-5-7-10)12-16(23-18)24(9-20-12)17-14(27)13(26)11(8-25)28-17/h9-11,13-14,17,25-27H,1-8H2,(H,21,22,23)/t11-,13-,14-,17-/m1/s1. The highest BCUT2D eigenvalue weighted by Crippen LogP contribution is 2.33. The van der Waals surface area contributed by atoms with Gasteiger partial charge in [0.05, 0.1) is 12.9 Å². The van der Waals surface area contributed by atoms with Gasteiger partial charge in [-0.05, 0) is 24.4 Å². The Bertz CT molecular complexity index is 811. The number of fused-ring (bicyclic) bond motifs is 1. The summed E-state index contributed by atoms with van der Waals surface area (Å²) < 4.78 is 7.12. The van der Waals surface area contributed by atoms with E-state index in [0.717, 1.165) is 12.8 Å². The number of nitrogens with one attached hydrogen (secondary N) is 1. The van der Waals surface area contributed by atoms with Crippen LogP contribution < -0.4 is 5.32 Å². The number of halogens is 1. The Balaban J connectivity index is 1.63. The first kappa shape index (κ1) is 19.8. The van der Waals surface area contributed by atoms with E-state index >= 15 is 0 Å². The minimum Gasteiger partial charge on any atom is -0.394 e. The third kappa shape index (κ3) is 3.81. The van der Waals surface area contributed by atoms with Crippen molar-refractivity contribution in [2.24, 2.45) is 0 Å².